The molecule has 20 heteroatoms. The van der Waals surface area contributed by atoms with Crippen LogP contribution < -0.4 is 37.6 Å². The molecule has 6 amide bonds. The van der Waals surface area contributed by atoms with Gasteiger partial charge in [0, 0.05) is 0 Å². The van der Waals surface area contributed by atoms with Crippen molar-refractivity contribution < 1.29 is 63.9 Å². The van der Waals surface area contributed by atoms with E-state index in [2.05, 4.69) is 31.9 Å². The molecule has 0 bridgehead atoms. The highest BCUT2D eigenvalue weighted by Gasteiger charge is 2.35. The van der Waals surface area contributed by atoms with Crippen LogP contribution in [0.3, 0.4) is 0 Å². The Labute approximate surface area is 283 Å². The summed E-state index contributed by atoms with van der Waals surface area (Å²) < 4.78 is 0. The zero-order valence-electron chi connectivity index (χ0n) is 28.4. The summed E-state index contributed by atoms with van der Waals surface area (Å²) in [5.74, 6) is -9.41. The highest BCUT2D eigenvalue weighted by molar-refractivity contribution is 5.97. The average Bonchev–Trinajstić information content (AvgIpc) is 3.01. The number of nitrogens with one attached hydrogen (secondary N) is 6. The Morgan fingerprint density at radius 1 is 0.612 bits per heavy atom. The summed E-state index contributed by atoms with van der Waals surface area (Å²) in [4.78, 5) is 99.2. The van der Waals surface area contributed by atoms with E-state index in [0.717, 1.165) is 6.92 Å². The molecular weight excluding hydrogens is 654 g/mol. The minimum absolute atomic E-state index is 0.0241. The number of aliphatic hydroxyl groups is 3. The van der Waals surface area contributed by atoms with Crippen molar-refractivity contribution in [2.24, 2.45) is 17.6 Å². The van der Waals surface area contributed by atoms with E-state index < -0.39 is 121 Å². The lowest BCUT2D eigenvalue weighted by Gasteiger charge is -2.29. The average molecular weight is 706 g/mol. The van der Waals surface area contributed by atoms with Crippen molar-refractivity contribution >= 4 is 47.4 Å². The predicted octanol–water partition coefficient (Wildman–Crippen LogP) is -4.74. The van der Waals surface area contributed by atoms with Crippen molar-refractivity contribution in [3.05, 3.63) is 0 Å². The van der Waals surface area contributed by atoms with Gasteiger partial charge in [0.1, 0.15) is 36.3 Å². The van der Waals surface area contributed by atoms with Crippen molar-refractivity contribution in [1.82, 2.24) is 31.9 Å². The first kappa shape index (κ1) is 44.6. The summed E-state index contributed by atoms with van der Waals surface area (Å²) in [5, 5.41) is 60.9. The van der Waals surface area contributed by atoms with E-state index in [1.165, 1.54) is 6.92 Å². The standard InChI is InChI=1S/C29H51N7O13/c1-7-13(4)21(27(46)34-19(11-38)29(48)49)35-25(44)17(8-12(2)3)32-28(47)22(15(6)39)36-26(45)18(10-37)33-23(42)14(5)31-24(43)16(30)9-20(40)41/h12-19,21-22,37-39H,7-11,30H2,1-6H3,(H,31,43)(H,32,47)(H,33,42)(H,34,46)(H,35,44)(H,36,45)(H,40,41)(H,48,49)/t13-,14-,15+,16-,17-,18-,19-,21-,22-/m0/s1. The molecule has 0 aliphatic heterocycles. The van der Waals surface area contributed by atoms with Crippen LogP contribution in [0, 0.1) is 11.8 Å². The first-order valence-corrected chi connectivity index (χ1v) is 15.6. The lowest BCUT2D eigenvalue weighted by molar-refractivity contribution is -0.144. The van der Waals surface area contributed by atoms with E-state index in [4.69, 9.17) is 10.8 Å². The van der Waals surface area contributed by atoms with Crippen LogP contribution >= 0.6 is 0 Å². The number of amides is 6. The lowest BCUT2D eigenvalue weighted by atomic mass is 9.96. The van der Waals surface area contributed by atoms with Crippen LogP contribution in [0.4, 0.5) is 0 Å². The van der Waals surface area contributed by atoms with Gasteiger partial charge < -0.3 is 63.2 Å². The maximum atomic E-state index is 13.4. The SMILES string of the molecule is CC[C@H](C)[C@H](NC(=O)[C@H](CC(C)C)NC(=O)[C@@H](NC(=O)[C@H](CO)NC(=O)[C@H](C)NC(=O)[C@@H](N)CC(=O)O)[C@@H](C)O)C(=O)N[C@@H](CO)C(=O)O. The van der Waals surface area contributed by atoms with Crippen molar-refractivity contribution in [2.45, 2.75) is 109 Å². The van der Waals surface area contributed by atoms with Gasteiger partial charge in [-0.2, -0.15) is 0 Å². The smallest absolute Gasteiger partial charge is 0.328 e. The molecule has 13 N–H and O–H groups in total. The van der Waals surface area contributed by atoms with E-state index in [-0.39, 0.29) is 12.3 Å². The van der Waals surface area contributed by atoms with Crippen molar-refractivity contribution in [3.63, 3.8) is 0 Å². The fourth-order valence-corrected chi connectivity index (χ4v) is 4.18. The van der Waals surface area contributed by atoms with Gasteiger partial charge in [0.25, 0.3) is 0 Å². The van der Waals surface area contributed by atoms with Crippen LogP contribution in [0.2, 0.25) is 0 Å². The third-order valence-electron chi connectivity index (χ3n) is 7.29. The molecule has 0 aliphatic rings. The number of aliphatic hydroxyl groups excluding tert-OH is 3. The molecule has 0 spiro atoms. The molecule has 0 aromatic heterocycles. The molecule has 0 saturated carbocycles. The Bertz CT molecular complexity index is 1180. The van der Waals surface area contributed by atoms with Gasteiger partial charge in [-0.05, 0) is 32.1 Å². The Morgan fingerprint density at radius 2 is 1.08 bits per heavy atom. The Kier molecular flexibility index (Phi) is 19.6. The summed E-state index contributed by atoms with van der Waals surface area (Å²) >= 11 is 0. The van der Waals surface area contributed by atoms with Gasteiger partial charge >= 0.3 is 11.9 Å². The summed E-state index contributed by atoms with van der Waals surface area (Å²) in [6, 6.07) is -10.4. The van der Waals surface area contributed by atoms with E-state index in [1.807, 2.05) is 0 Å². The largest absolute Gasteiger partial charge is 0.481 e. The van der Waals surface area contributed by atoms with Gasteiger partial charge in [-0.15, -0.1) is 0 Å². The molecular formula is C29H51N7O13. The van der Waals surface area contributed by atoms with Crippen LogP contribution in [0.1, 0.15) is 60.8 Å². The minimum atomic E-state index is -1.72. The molecule has 49 heavy (non-hydrogen) atoms. The second kappa shape index (κ2) is 21.5. The van der Waals surface area contributed by atoms with Crippen molar-refractivity contribution in [3.8, 4) is 0 Å². The molecule has 0 aromatic carbocycles. The fraction of sp³-hybridized carbons (Fsp3) is 0.724. The molecule has 0 fully saturated rings. The van der Waals surface area contributed by atoms with Gasteiger partial charge in [0.05, 0.1) is 31.8 Å². The van der Waals surface area contributed by atoms with E-state index in [0.29, 0.717) is 6.42 Å². The first-order chi connectivity index (χ1) is 22.7. The fourth-order valence-electron chi connectivity index (χ4n) is 4.18. The summed E-state index contributed by atoms with van der Waals surface area (Å²) in [6.45, 7) is 7.26. The molecule has 0 unspecified atom stereocenters. The molecule has 0 rings (SSSR count). The zero-order chi connectivity index (χ0) is 38.2. The number of carbonyl (C=O) groups excluding carboxylic acids is 6. The number of rotatable bonds is 22. The molecule has 0 saturated heterocycles. The van der Waals surface area contributed by atoms with Crippen molar-refractivity contribution in [2.75, 3.05) is 13.2 Å². The van der Waals surface area contributed by atoms with Crippen LogP contribution in [0.25, 0.3) is 0 Å². The maximum Gasteiger partial charge on any atom is 0.328 e. The number of nitrogens with two attached hydrogens (primary N) is 1. The van der Waals surface area contributed by atoms with Gasteiger partial charge in [-0.3, -0.25) is 33.6 Å². The lowest BCUT2D eigenvalue weighted by Crippen LogP contribution is -2.62. The number of carbonyl (C=O) groups is 8. The quantitative estimate of drug-likeness (QED) is 0.0503. The molecule has 0 aromatic rings. The van der Waals surface area contributed by atoms with Gasteiger partial charge in [-0.25, -0.2) is 4.79 Å². The number of aliphatic carboxylic acids is 2. The summed E-state index contributed by atoms with van der Waals surface area (Å²) in [5.41, 5.74) is 5.46. The predicted molar refractivity (Wildman–Crippen MR) is 170 cm³/mol. The zero-order valence-corrected chi connectivity index (χ0v) is 28.4. The second-order valence-corrected chi connectivity index (χ2v) is 12.0. The van der Waals surface area contributed by atoms with Crippen LogP contribution in [-0.4, -0.2) is 135 Å². The van der Waals surface area contributed by atoms with Gasteiger partial charge in [0.15, 0.2) is 0 Å². The summed E-state index contributed by atoms with van der Waals surface area (Å²) in [6.07, 6.45) is -1.88. The van der Waals surface area contributed by atoms with Gasteiger partial charge in [-0.1, -0.05) is 34.1 Å². The van der Waals surface area contributed by atoms with E-state index >= 15 is 0 Å². The maximum absolute atomic E-state index is 13.4. The van der Waals surface area contributed by atoms with E-state index in [9.17, 15) is 58.8 Å². The monoisotopic (exact) mass is 705 g/mol. The van der Waals surface area contributed by atoms with Crippen LogP contribution in [0.5, 0.6) is 0 Å². The highest BCUT2D eigenvalue weighted by atomic mass is 16.4. The third kappa shape index (κ3) is 15.6. The highest BCUT2D eigenvalue weighted by Crippen LogP contribution is 2.12. The first-order valence-electron chi connectivity index (χ1n) is 15.6. The molecule has 280 valence electrons. The molecule has 20 nitrogen and oxygen atoms in total. The van der Waals surface area contributed by atoms with Gasteiger partial charge in [0.2, 0.25) is 35.4 Å². The third-order valence-corrected chi connectivity index (χ3v) is 7.29. The summed E-state index contributed by atoms with van der Waals surface area (Å²) in [7, 11) is 0. The Hall–Kier alpha value is -4.40. The molecule has 0 heterocycles. The molecule has 0 aliphatic carbocycles. The number of carboxylic acids is 2. The molecule has 9 atom stereocenters. The number of carboxylic acid groups (broad SMARTS) is 2. The topological polar surface area (TPSA) is 336 Å². The molecule has 0 radical (unpaired) electrons. The van der Waals surface area contributed by atoms with Crippen molar-refractivity contribution in [1.29, 1.82) is 0 Å². The normalized spacial score (nSPS) is 16.6. The number of hydrogen-bond acceptors (Lipinski definition) is 12. The van der Waals surface area contributed by atoms with Crippen LogP contribution in [0.15, 0.2) is 0 Å². The van der Waals surface area contributed by atoms with E-state index in [1.54, 1.807) is 27.7 Å². The second-order valence-electron chi connectivity index (χ2n) is 12.0. The Morgan fingerprint density at radius 3 is 1.53 bits per heavy atom. The number of hydrogen-bond donors (Lipinski definition) is 12. The Balaban J connectivity index is 5.83. The minimum Gasteiger partial charge on any atom is -0.481 e. The van der Waals surface area contributed by atoms with Crippen LogP contribution in [-0.2, 0) is 38.4 Å².